The highest BCUT2D eigenvalue weighted by atomic mass is 16.8. The Balaban J connectivity index is 1.36. The summed E-state index contributed by atoms with van der Waals surface area (Å²) in [6.45, 7) is 2.62. The summed E-state index contributed by atoms with van der Waals surface area (Å²) in [5.74, 6) is 0. The van der Waals surface area contributed by atoms with Gasteiger partial charge in [-0.15, -0.1) is 0 Å². The Labute approximate surface area is 229 Å². The number of aliphatic hydroxyl groups excluding tert-OH is 3. The van der Waals surface area contributed by atoms with Crippen LogP contribution in [0.3, 0.4) is 0 Å². The fraction of sp³-hybridized carbons (Fsp3) is 1.00. The molecular formula is C24H49N7O8. The predicted octanol–water partition coefficient (Wildman–Crippen LogP) is -4.95. The molecule has 0 aromatic heterocycles. The molecule has 3 heterocycles. The van der Waals surface area contributed by atoms with Crippen LogP contribution in [0.1, 0.15) is 32.6 Å². The highest BCUT2D eigenvalue weighted by Gasteiger charge is 2.52. The maximum atomic E-state index is 11.3. The number of rotatable bonds is 9. The molecule has 0 aromatic rings. The van der Waals surface area contributed by atoms with E-state index >= 15 is 0 Å². The normalized spacial score (nSPS) is 49.2. The molecule has 15 atom stereocenters. The van der Waals surface area contributed by atoms with Gasteiger partial charge in [-0.3, -0.25) is 0 Å². The minimum atomic E-state index is -1.04. The maximum absolute atomic E-state index is 11.3. The van der Waals surface area contributed by atoms with Gasteiger partial charge in [-0.05, 0) is 33.2 Å². The number of fused-ring (bicyclic) bond motifs is 1. The lowest BCUT2D eigenvalue weighted by Gasteiger charge is -2.51. The highest BCUT2D eigenvalue weighted by Crippen LogP contribution is 2.35. The van der Waals surface area contributed by atoms with Crippen LogP contribution in [0, 0.1) is 0 Å². The van der Waals surface area contributed by atoms with E-state index in [-0.39, 0.29) is 30.7 Å². The average molecular weight is 564 g/mol. The minimum absolute atomic E-state index is 0.0899. The van der Waals surface area contributed by atoms with Crippen LogP contribution >= 0.6 is 0 Å². The summed E-state index contributed by atoms with van der Waals surface area (Å²) in [6, 6.07) is -2.30. The summed E-state index contributed by atoms with van der Waals surface area (Å²) in [6.07, 6.45) is -6.24. The largest absolute Gasteiger partial charge is 0.391 e. The smallest absolute Gasteiger partial charge is 0.186 e. The van der Waals surface area contributed by atoms with E-state index in [0.717, 1.165) is 0 Å². The van der Waals surface area contributed by atoms with Crippen LogP contribution in [-0.4, -0.2) is 133 Å². The number of hydrogen-bond acceptors (Lipinski definition) is 15. The third kappa shape index (κ3) is 7.07. The maximum Gasteiger partial charge on any atom is 0.186 e. The molecule has 15 N–H and O–H groups in total. The first-order chi connectivity index (χ1) is 18.6. The fourth-order valence-electron chi connectivity index (χ4n) is 5.96. The fourth-order valence-corrected chi connectivity index (χ4v) is 5.96. The molecule has 3 saturated heterocycles. The van der Waals surface area contributed by atoms with Gasteiger partial charge in [0, 0.05) is 43.7 Å². The van der Waals surface area contributed by atoms with Crippen LogP contribution in [-0.2, 0) is 23.7 Å². The van der Waals surface area contributed by atoms with Gasteiger partial charge in [0.1, 0.15) is 18.3 Å². The summed E-state index contributed by atoms with van der Waals surface area (Å²) >= 11 is 0. The van der Waals surface area contributed by atoms with Gasteiger partial charge >= 0.3 is 0 Å². The number of nitrogens with one attached hydrogen (secondary N) is 2. The van der Waals surface area contributed by atoms with E-state index in [2.05, 4.69) is 10.6 Å². The number of likely N-dealkylation sites (N-methyl/N-ethyl adjacent to an activating group) is 1. The molecule has 9 unspecified atom stereocenters. The van der Waals surface area contributed by atoms with Gasteiger partial charge in [-0.25, -0.2) is 0 Å². The van der Waals surface area contributed by atoms with Gasteiger partial charge in [-0.2, -0.15) is 0 Å². The molecule has 15 nitrogen and oxygen atoms in total. The monoisotopic (exact) mass is 563 g/mol. The van der Waals surface area contributed by atoms with Crippen molar-refractivity contribution >= 4 is 0 Å². The van der Waals surface area contributed by atoms with Crippen molar-refractivity contribution in [1.82, 2.24) is 10.6 Å². The molecule has 39 heavy (non-hydrogen) atoms. The van der Waals surface area contributed by atoms with Crippen molar-refractivity contribution in [1.29, 1.82) is 0 Å². The predicted molar refractivity (Wildman–Crippen MR) is 140 cm³/mol. The van der Waals surface area contributed by atoms with Crippen molar-refractivity contribution in [2.24, 2.45) is 28.7 Å². The van der Waals surface area contributed by atoms with Crippen LogP contribution in [0.25, 0.3) is 0 Å². The molecular weight excluding hydrogens is 514 g/mol. The first-order valence-corrected chi connectivity index (χ1v) is 14.0. The molecule has 15 heteroatoms. The molecule has 0 radical (unpaired) electrons. The lowest BCUT2D eigenvalue weighted by Crippen LogP contribution is -2.69. The van der Waals surface area contributed by atoms with Crippen LogP contribution in [0.15, 0.2) is 0 Å². The van der Waals surface area contributed by atoms with Crippen molar-refractivity contribution in [2.45, 2.75) is 130 Å². The van der Waals surface area contributed by atoms with E-state index in [0.29, 0.717) is 32.4 Å². The zero-order valence-corrected chi connectivity index (χ0v) is 22.7. The molecule has 0 amide bonds. The van der Waals surface area contributed by atoms with E-state index < -0.39 is 73.6 Å². The van der Waals surface area contributed by atoms with Gasteiger partial charge in [0.25, 0.3) is 0 Å². The van der Waals surface area contributed by atoms with E-state index in [1.54, 1.807) is 7.05 Å². The Morgan fingerprint density at radius 2 is 1.54 bits per heavy atom. The molecule has 3 aliphatic heterocycles. The van der Waals surface area contributed by atoms with E-state index in [9.17, 15) is 15.3 Å². The summed E-state index contributed by atoms with van der Waals surface area (Å²) in [4.78, 5) is 0. The molecule has 1 aliphatic carbocycles. The van der Waals surface area contributed by atoms with E-state index in [4.69, 9.17) is 52.4 Å². The van der Waals surface area contributed by atoms with Crippen molar-refractivity contribution in [3.63, 3.8) is 0 Å². The second-order valence-electron chi connectivity index (χ2n) is 11.3. The Morgan fingerprint density at radius 3 is 2.21 bits per heavy atom. The van der Waals surface area contributed by atoms with Gasteiger partial charge < -0.3 is 78.3 Å². The zero-order chi connectivity index (χ0) is 28.4. The summed E-state index contributed by atoms with van der Waals surface area (Å²) < 4.78 is 30.5. The first kappa shape index (κ1) is 31.3. The molecule has 4 rings (SSSR count). The molecule has 0 bridgehead atoms. The number of aliphatic hydroxyl groups is 3. The Bertz CT molecular complexity index is 770. The first-order valence-electron chi connectivity index (χ1n) is 14.0. The SMILES string of the molecule is CNC1C(O[C@H]2OC(C)[C@@H](NC(CN)CN)CC2O)O[C@H]2CC(N)[C@@H](O[C@H]3CC(O)[C@H](N)CC3N)OC2C1O. The van der Waals surface area contributed by atoms with Crippen molar-refractivity contribution < 1.29 is 39.0 Å². The van der Waals surface area contributed by atoms with Crippen molar-refractivity contribution in [3.05, 3.63) is 0 Å². The molecule has 4 aliphatic rings. The summed E-state index contributed by atoms with van der Waals surface area (Å²) in [7, 11) is 1.67. The Kier molecular flexibility index (Phi) is 10.9. The minimum Gasteiger partial charge on any atom is -0.391 e. The van der Waals surface area contributed by atoms with Crippen LogP contribution in [0.4, 0.5) is 0 Å². The zero-order valence-electron chi connectivity index (χ0n) is 22.7. The summed E-state index contributed by atoms with van der Waals surface area (Å²) in [5.41, 5.74) is 30.0. The standard InChI is InChI=1S/C24H49N7O8/c1-9-14(31-10(7-25)8-26)5-16(33)23(35-9)39-24-19(30-2)20(34)21-18(37-24)4-13(29)22(38-21)36-17-6-15(32)11(27)3-12(17)28/h9-24,30-34H,3-8,25-29H2,1-2H3/t9?,11-,12?,13?,14+,15?,16?,17+,18+,19?,20?,21?,22+,23-,24?/m1/s1. The summed E-state index contributed by atoms with van der Waals surface area (Å²) in [5, 5.41) is 38.6. The molecule has 4 fully saturated rings. The van der Waals surface area contributed by atoms with Gasteiger partial charge in [-0.1, -0.05) is 0 Å². The lowest BCUT2D eigenvalue weighted by atomic mass is 9.87. The quantitative estimate of drug-likeness (QED) is 0.126. The average Bonchev–Trinajstić information content (AvgIpc) is 2.89. The number of hydrogen-bond donors (Lipinski definition) is 10. The van der Waals surface area contributed by atoms with Crippen LogP contribution in [0.2, 0.25) is 0 Å². The van der Waals surface area contributed by atoms with Crippen molar-refractivity contribution in [3.8, 4) is 0 Å². The van der Waals surface area contributed by atoms with E-state index in [1.807, 2.05) is 6.92 Å². The molecule has 1 saturated carbocycles. The molecule has 0 spiro atoms. The second kappa shape index (κ2) is 13.6. The third-order valence-corrected chi connectivity index (χ3v) is 8.46. The second-order valence-corrected chi connectivity index (χ2v) is 11.3. The lowest BCUT2D eigenvalue weighted by molar-refractivity contribution is -0.365. The number of ether oxygens (including phenoxy) is 5. The number of nitrogens with two attached hydrogens (primary N) is 5. The molecule has 0 aromatic carbocycles. The third-order valence-electron chi connectivity index (χ3n) is 8.46. The van der Waals surface area contributed by atoms with Gasteiger partial charge in [0.15, 0.2) is 18.9 Å². The van der Waals surface area contributed by atoms with Crippen LogP contribution < -0.4 is 39.3 Å². The van der Waals surface area contributed by atoms with Crippen LogP contribution in [0.5, 0.6) is 0 Å². The van der Waals surface area contributed by atoms with Crippen molar-refractivity contribution in [2.75, 3.05) is 20.1 Å². The van der Waals surface area contributed by atoms with Gasteiger partial charge in [0.05, 0.1) is 36.5 Å². The van der Waals surface area contributed by atoms with Gasteiger partial charge in [0.2, 0.25) is 0 Å². The Hall–Kier alpha value is -0.600. The topological polar surface area (TPSA) is 261 Å². The molecule has 228 valence electrons. The highest BCUT2D eigenvalue weighted by molar-refractivity contribution is 5.00. The Morgan fingerprint density at radius 1 is 0.821 bits per heavy atom. The van der Waals surface area contributed by atoms with E-state index in [1.165, 1.54) is 0 Å².